The summed E-state index contributed by atoms with van der Waals surface area (Å²) >= 11 is 0. The molecule has 0 saturated heterocycles. The average Bonchev–Trinajstić information content (AvgIpc) is 2.49. The van der Waals surface area contributed by atoms with E-state index in [1.165, 1.54) is 12.8 Å². The highest BCUT2D eigenvalue weighted by molar-refractivity contribution is 6.31. The molecule has 0 radical (unpaired) electrons. The molecule has 1 heterocycles. The van der Waals surface area contributed by atoms with Gasteiger partial charge in [0.05, 0.1) is 17.3 Å². The Bertz CT molecular complexity index is 670. The van der Waals surface area contributed by atoms with Gasteiger partial charge in [-0.3, -0.25) is 14.8 Å². The second kappa shape index (κ2) is 6.38. The first kappa shape index (κ1) is 16.1. The molecule has 1 aromatic carbocycles. The quantitative estimate of drug-likeness (QED) is 0.739. The van der Waals surface area contributed by atoms with Crippen LogP contribution in [0.4, 0.5) is 5.69 Å². The average molecular weight is 310 g/mol. The van der Waals surface area contributed by atoms with Crippen molar-refractivity contribution in [3.8, 4) is 0 Å². The van der Waals surface area contributed by atoms with Crippen LogP contribution in [0.3, 0.4) is 0 Å². The van der Waals surface area contributed by atoms with Crippen LogP contribution in [0.5, 0.6) is 0 Å². The molecule has 1 atom stereocenters. The van der Waals surface area contributed by atoms with E-state index in [0.29, 0.717) is 6.42 Å². The fourth-order valence-corrected chi connectivity index (χ4v) is 3.66. The van der Waals surface area contributed by atoms with E-state index in [2.05, 4.69) is 26.8 Å². The second-order valence-corrected chi connectivity index (χ2v) is 7.51. The molecule has 3 nitrogen and oxygen atoms in total. The van der Waals surface area contributed by atoms with Crippen molar-refractivity contribution < 1.29 is 4.79 Å². The van der Waals surface area contributed by atoms with Crippen LogP contribution in [0.2, 0.25) is 0 Å². The van der Waals surface area contributed by atoms with E-state index in [0.717, 1.165) is 42.1 Å². The molecule has 3 rings (SSSR count). The van der Waals surface area contributed by atoms with Gasteiger partial charge in [-0.25, -0.2) is 0 Å². The normalized spacial score (nSPS) is 24.1. The summed E-state index contributed by atoms with van der Waals surface area (Å²) in [6.45, 7) is 7.31. The zero-order valence-corrected chi connectivity index (χ0v) is 14.4. The Labute approximate surface area is 138 Å². The van der Waals surface area contributed by atoms with Crippen LogP contribution in [0.15, 0.2) is 34.3 Å². The standard InChI is InChI=1S/C20H26N2O/c1-4-5-8-11-21-19-14-9-6-7-10-15(14)22-16-12-20(2,3)13-17(23)18(16)19/h6-7,9-10,18H,4-5,8,11-13H2,1-3H3. The Hall–Kier alpha value is -1.77. The Kier molecular flexibility index (Phi) is 4.47. The maximum Gasteiger partial charge on any atom is 0.148 e. The molecular weight excluding hydrogens is 284 g/mol. The number of rotatable bonds is 4. The number of Topliss-reactive ketones (excluding diaryl/α,β-unsaturated/α-hetero) is 1. The number of carbonyl (C=O) groups excluding carboxylic acids is 1. The molecule has 1 saturated carbocycles. The van der Waals surface area contributed by atoms with Crippen LogP contribution in [0.1, 0.15) is 58.4 Å². The van der Waals surface area contributed by atoms with Gasteiger partial charge in [0.2, 0.25) is 0 Å². The highest BCUT2D eigenvalue weighted by Crippen LogP contribution is 2.40. The van der Waals surface area contributed by atoms with Crippen molar-refractivity contribution in [1.29, 1.82) is 0 Å². The number of aliphatic imine (C=N–C) groups is 2. The number of fused-ring (bicyclic) bond motifs is 2. The molecule has 3 heteroatoms. The molecule has 23 heavy (non-hydrogen) atoms. The minimum atomic E-state index is -0.209. The first-order valence-corrected chi connectivity index (χ1v) is 8.76. The van der Waals surface area contributed by atoms with Gasteiger partial charge in [0.1, 0.15) is 5.78 Å². The van der Waals surface area contributed by atoms with Crippen LogP contribution >= 0.6 is 0 Å². The Morgan fingerprint density at radius 3 is 2.78 bits per heavy atom. The van der Waals surface area contributed by atoms with Crippen LogP contribution in [-0.2, 0) is 4.79 Å². The Morgan fingerprint density at radius 1 is 1.22 bits per heavy atom. The Balaban J connectivity index is 2.00. The van der Waals surface area contributed by atoms with Crippen molar-refractivity contribution in [1.82, 2.24) is 0 Å². The van der Waals surface area contributed by atoms with Gasteiger partial charge < -0.3 is 0 Å². The summed E-state index contributed by atoms with van der Waals surface area (Å²) < 4.78 is 0. The molecule has 1 aromatic rings. The molecule has 2 aliphatic rings. The largest absolute Gasteiger partial charge is 0.299 e. The van der Waals surface area contributed by atoms with Gasteiger partial charge in [0.15, 0.2) is 0 Å². The predicted octanol–water partition coefficient (Wildman–Crippen LogP) is 4.76. The number of para-hydroxylation sites is 1. The fraction of sp³-hybridized carbons (Fsp3) is 0.550. The summed E-state index contributed by atoms with van der Waals surface area (Å²) in [5.41, 5.74) is 4.00. The van der Waals surface area contributed by atoms with Crippen molar-refractivity contribution in [3.63, 3.8) is 0 Å². The maximum absolute atomic E-state index is 12.8. The lowest BCUT2D eigenvalue weighted by Crippen LogP contribution is -2.43. The lowest BCUT2D eigenvalue weighted by molar-refractivity contribution is -0.122. The molecule has 1 unspecified atom stereocenters. The van der Waals surface area contributed by atoms with Gasteiger partial charge in [0.25, 0.3) is 0 Å². The Morgan fingerprint density at radius 2 is 2.00 bits per heavy atom. The van der Waals surface area contributed by atoms with Gasteiger partial charge in [-0.2, -0.15) is 0 Å². The summed E-state index contributed by atoms with van der Waals surface area (Å²) in [5, 5.41) is 0. The highest BCUT2D eigenvalue weighted by atomic mass is 16.1. The first-order chi connectivity index (χ1) is 11.0. The third-order valence-electron chi connectivity index (χ3n) is 4.73. The van der Waals surface area contributed by atoms with E-state index in [4.69, 9.17) is 9.98 Å². The smallest absolute Gasteiger partial charge is 0.148 e. The van der Waals surface area contributed by atoms with Gasteiger partial charge >= 0.3 is 0 Å². The minimum Gasteiger partial charge on any atom is -0.299 e. The molecule has 122 valence electrons. The van der Waals surface area contributed by atoms with Crippen molar-refractivity contribution in [2.24, 2.45) is 21.3 Å². The SMILES string of the molecule is CCCCCN=C1c2ccccc2N=C2CC(C)(C)CC(=O)C21. The summed E-state index contributed by atoms with van der Waals surface area (Å²) in [7, 11) is 0. The number of hydrogen-bond acceptors (Lipinski definition) is 3. The third kappa shape index (κ3) is 3.29. The zero-order chi connectivity index (χ0) is 16.4. The zero-order valence-electron chi connectivity index (χ0n) is 14.4. The summed E-state index contributed by atoms with van der Waals surface area (Å²) in [5.74, 6) is 0.0725. The number of benzene rings is 1. The molecule has 0 N–H and O–H groups in total. The van der Waals surface area contributed by atoms with E-state index in [9.17, 15) is 4.79 Å². The van der Waals surface area contributed by atoms with Crippen LogP contribution in [-0.4, -0.2) is 23.8 Å². The van der Waals surface area contributed by atoms with E-state index in [1.54, 1.807) is 0 Å². The van der Waals surface area contributed by atoms with Crippen LogP contribution in [0.25, 0.3) is 0 Å². The molecule has 0 amide bonds. The molecule has 0 spiro atoms. The second-order valence-electron chi connectivity index (χ2n) is 7.51. The number of ketones is 1. The van der Waals surface area contributed by atoms with Gasteiger partial charge in [-0.15, -0.1) is 0 Å². The molecule has 1 fully saturated rings. The first-order valence-electron chi connectivity index (χ1n) is 8.76. The van der Waals surface area contributed by atoms with Crippen molar-refractivity contribution in [3.05, 3.63) is 29.8 Å². The highest BCUT2D eigenvalue weighted by Gasteiger charge is 2.43. The van der Waals surface area contributed by atoms with Gasteiger partial charge in [-0.1, -0.05) is 51.8 Å². The number of hydrogen-bond donors (Lipinski definition) is 0. The number of unbranched alkanes of at least 4 members (excludes halogenated alkanes) is 2. The molecule has 0 aromatic heterocycles. The van der Waals surface area contributed by atoms with Gasteiger partial charge in [0, 0.05) is 24.2 Å². The van der Waals surface area contributed by atoms with Crippen LogP contribution < -0.4 is 0 Å². The summed E-state index contributed by atoms with van der Waals surface area (Å²) in [4.78, 5) is 22.5. The molecular formula is C20H26N2O. The summed E-state index contributed by atoms with van der Waals surface area (Å²) in [6, 6.07) is 8.11. The molecule has 0 bridgehead atoms. The van der Waals surface area contributed by atoms with Crippen molar-refractivity contribution >= 4 is 22.9 Å². The lowest BCUT2D eigenvalue weighted by atomic mass is 9.68. The monoisotopic (exact) mass is 310 g/mol. The molecule has 1 aliphatic heterocycles. The van der Waals surface area contributed by atoms with E-state index >= 15 is 0 Å². The maximum atomic E-state index is 12.8. The van der Waals surface area contributed by atoms with Crippen molar-refractivity contribution in [2.75, 3.05) is 6.54 Å². The van der Waals surface area contributed by atoms with Gasteiger partial charge in [-0.05, 0) is 24.3 Å². The molecule has 1 aliphatic carbocycles. The van der Waals surface area contributed by atoms with Crippen molar-refractivity contribution in [2.45, 2.75) is 52.9 Å². The fourth-order valence-electron chi connectivity index (χ4n) is 3.66. The van der Waals surface area contributed by atoms with E-state index < -0.39 is 0 Å². The predicted molar refractivity (Wildman–Crippen MR) is 96.0 cm³/mol. The van der Waals surface area contributed by atoms with E-state index in [-0.39, 0.29) is 17.1 Å². The third-order valence-corrected chi connectivity index (χ3v) is 4.73. The number of carbonyl (C=O) groups is 1. The summed E-state index contributed by atoms with van der Waals surface area (Å²) in [6.07, 6.45) is 4.95. The number of nitrogens with zero attached hydrogens (tertiary/aromatic N) is 2. The van der Waals surface area contributed by atoms with E-state index in [1.807, 2.05) is 18.2 Å². The lowest BCUT2D eigenvalue weighted by Gasteiger charge is -2.37. The minimum absolute atomic E-state index is 0.00597. The topological polar surface area (TPSA) is 41.8 Å². The van der Waals surface area contributed by atoms with Crippen LogP contribution in [0, 0.1) is 11.3 Å².